The Morgan fingerprint density at radius 3 is 2.29 bits per heavy atom. The molecule has 2 atom stereocenters. The molecule has 0 bridgehead atoms. The monoisotopic (exact) mass is 232 g/mol. The third-order valence-corrected chi connectivity index (χ3v) is 4.14. The van der Waals surface area contributed by atoms with Crippen LogP contribution in [0.15, 0.2) is 12.1 Å². The van der Waals surface area contributed by atoms with Gasteiger partial charge in [0.2, 0.25) is 0 Å². The Labute approximate surface area is 105 Å². The van der Waals surface area contributed by atoms with Gasteiger partial charge in [0.05, 0.1) is 0 Å². The number of aryl methyl sites for hydroxylation is 3. The highest BCUT2D eigenvalue weighted by molar-refractivity contribution is 5.61. The van der Waals surface area contributed by atoms with Gasteiger partial charge in [0.1, 0.15) is 0 Å². The van der Waals surface area contributed by atoms with Crippen LogP contribution in [0.25, 0.3) is 0 Å². The number of benzene rings is 1. The molecule has 94 valence electrons. The van der Waals surface area contributed by atoms with Crippen LogP contribution in [0, 0.1) is 26.7 Å². The predicted molar refractivity (Wildman–Crippen MR) is 74.6 cm³/mol. The topological polar surface area (TPSA) is 29.3 Å². The van der Waals surface area contributed by atoms with Crippen molar-refractivity contribution in [2.24, 2.45) is 11.7 Å². The lowest BCUT2D eigenvalue weighted by molar-refractivity contribution is 0.508. The first-order valence-electron chi connectivity index (χ1n) is 6.59. The number of hydrogen-bond donors (Lipinski definition) is 1. The molecule has 1 fully saturated rings. The van der Waals surface area contributed by atoms with E-state index in [2.05, 4.69) is 44.7 Å². The van der Waals surface area contributed by atoms with Crippen LogP contribution in [-0.2, 0) is 0 Å². The molecule has 1 aromatic carbocycles. The van der Waals surface area contributed by atoms with Crippen molar-refractivity contribution in [1.82, 2.24) is 0 Å². The van der Waals surface area contributed by atoms with Crippen LogP contribution in [-0.4, -0.2) is 19.1 Å². The molecule has 2 unspecified atom stereocenters. The van der Waals surface area contributed by atoms with E-state index in [4.69, 9.17) is 5.73 Å². The van der Waals surface area contributed by atoms with Gasteiger partial charge in [0, 0.05) is 18.3 Å². The lowest BCUT2D eigenvalue weighted by Crippen LogP contribution is -2.33. The van der Waals surface area contributed by atoms with Crippen LogP contribution < -0.4 is 10.6 Å². The molecule has 2 nitrogen and oxygen atoms in total. The minimum atomic E-state index is 0.570. The lowest BCUT2D eigenvalue weighted by Gasteiger charge is -2.29. The molecule has 0 radical (unpaired) electrons. The van der Waals surface area contributed by atoms with E-state index in [0.29, 0.717) is 12.0 Å². The SMILES string of the molecule is Cc1cc(C)c(N2CCC(CN)C2C)c(C)c1. The van der Waals surface area contributed by atoms with Crippen molar-refractivity contribution in [3.05, 3.63) is 28.8 Å². The molecule has 1 aliphatic rings. The second-order valence-electron chi connectivity index (χ2n) is 5.47. The van der Waals surface area contributed by atoms with Gasteiger partial charge in [-0.2, -0.15) is 0 Å². The molecule has 0 amide bonds. The van der Waals surface area contributed by atoms with Gasteiger partial charge in [0.15, 0.2) is 0 Å². The Morgan fingerprint density at radius 1 is 1.24 bits per heavy atom. The summed E-state index contributed by atoms with van der Waals surface area (Å²) < 4.78 is 0. The predicted octanol–water partition coefficient (Wildman–Crippen LogP) is 2.79. The van der Waals surface area contributed by atoms with Gasteiger partial charge in [-0.25, -0.2) is 0 Å². The van der Waals surface area contributed by atoms with E-state index < -0.39 is 0 Å². The molecule has 0 saturated carbocycles. The Bertz CT molecular complexity index is 388. The zero-order valence-electron chi connectivity index (χ0n) is 11.5. The lowest BCUT2D eigenvalue weighted by atomic mass is 10.0. The van der Waals surface area contributed by atoms with Crippen LogP contribution in [0.2, 0.25) is 0 Å². The quantitative estimate of drug-likeness (QED) is 0.849. The molecule has 2 N–H and O–H groups in total. The zero-order chi connectivity index (χ0) is 12.6. The number of nitrogens with two attached hydrogens (primary N) is 1. The van der Waals surface area contributed by atoms with Gasteiger partial charge >= 0.3 is 0 Å². The van der Waals surface area contributed by atoms with Gasteiger partial charge in [-0.15, -0.1) is 0 Å². The van der Waals surface area contributed by atoms with E-state index in [1.807, 2.05) is 0 Å². The maximum atomic E-state index is 5.84. The first kappa shape index (κ1) is 12.4. The molecular weight excluding hydrogens is 208 g/mol. The molecule has 2 heteroatoms. The Balaban J connectivity index is 2.35. The minimum Gasteiger partial charge on any atom is -0.368 e. The molecular formula is C15H24N2. The zero-order valence-corrected chi connectivity index (χ0v) is 11.5. The summed E-state index contributed by atoms with van der Waals surface area (Å²) in [6, 6.07) is 5.13. The number of hydrogen-bond acceptors (Lipinski definition) is 2. The van der Waals surface area contributed by atoms with Crippen molar-refractivity contribution < 1.29 is 0 Å². The van der Waals surface area contributed by atoms with Crippen molar-refractivity contribution >= 4 is 5.69 Å². The average Bonchev–Trinajstić information content (AvgIpc) is 2.59. The van der Waals surface area contributed by atoms with Crippen molar-refractivity contribution in [2.45, 2.75) is 40.2 Å². The molecule has 17 heavy (non-hydrogen) atoms. The van der Waals surface area contributed by atoms with Crippen LogP contribution in [0.4, 0.5) is 5.69 Å². The summed E-state index contributed by atoms with van der Waals surface area (Å²) in [5.74, 6) is 0.648. The molecule has 2 rings (SSSR count). The summed E-state index contributed by atoms with van der Waals surface area (Å²) in [4.78, 5) is 2.54. The van der Waals surface area contributed by atoms with E-state index in [0.717, 1.165) is 13.1 Å². The van der Waals surface area contributed by atoms with Crippen molar-refractivity contribution in [2.75, 3.05) is 18.0 Å². The van der Waals surface area contributed by atoms with Crippen molar-refractivity contribution in [1.29, 1.82) is 0 Å². The fourth-order valence-corrected chi connectivity index (χ4v) is 3.26. The fraction of sp³-hybridized carbons (Fsp3) is 0.600. The summed E-state index contributed by atoms with van der Waals surface area (Å²) in [6.45, 7) is 10.9. The van der Waals surface area contributed by atoms with E-state index in [-0.39, 0.29) is 0 Å². The molecule has 0 aliphatic carbocycles. The largest absolute Gasteiger partial charge is 0.368 e. The third-order valence-electron chi connectivity index (χ3n) is 4.14. The highest BCUT2D eigenvalue weighted by atomic mass is 15.2. The van der Waals surface area contributed by atoms with E-state index in [9.17, 15) is 0 Å². The van der Waals surface area contributed by atoms with Crippen LogP contribution >= 0.6 is 0 Å². The van der Waals surface area contributed by atoms with Crippen molar-refractivity contribution in [3.63, 3.8) is 0 Å². The number of nitrogens with zero attached hydrogens (tertiary/aromatic N) is 1. The minimum absolute atomic E-state index is 0.570. The smallest absolute Gasteiger partial charge is 0.0428 e. The van der Waals surface area contributed by atoms with E-state index in [1.54, 1.807) is 0 Å². The summed E-state index contributed by atoms with van der Waals surface area (Å²) in [6.07, 6.45) is 1.23. The molecule has 0 aromatic heterocycles. The summed E-state index contributed by atoms with van der Waals surface area (Å²) in [7, 11) is 0. The third kappa shape index (κ3) is 2.19. The maximum absolute atomic E-state index is 5.84. The second-order valence-corrected chi connectivity index (χ2v) is 5.47. The average molecular weight is 232 g/mol. The first-order chi connectivity index (χ1) is 8.04. The van der Waals surface area contributed by atoms with Gasteiger partial charge in [-0.05, 0) is 57.7 Å². The highest BCUT2D eigenvalue weighted by Gasteiger charge is 2.31. The van der Waals surface area contributed by atoms with Gasteiger partial charge in [0.25, 0.3) is 0 Å². The van der Waals surface area contributed by atoms with E-state index >= 15 is 0 Å². The summed E-state index contributed by atoms with van der Waals surface area (Å²) in [5, 5.41) is 0. The molecule has 1 saturated heterocycles. The van der Waals surface area contributed by atoms with Gasteiger partial charge in [-0.3, -0.25) is 0 Å². The Kier molecular flexibility index (Phi) is 3.43. The fourth-order valence-electron chi connectivity index (χ4n) is 3.26. The first-order valence-corrected chi connectivity index (χ1v) is 6.59. The van der Waals surface area contributed by atoms with Crippen LogP contribution in [0.5, 0.6) is 0 Å². The molecule has 1 aromatic rings. The van der Waals surface area contributed by atoms with E-state index in [1.165, 1.54) is 28.8 Å². The number of rotatable bonds is 2. The Hall–Kier alpha value is -1.02. The van der Waals surface area contributed by atoms with Crippen LogP contribution in [0.1, 0.15) is 30.0 Å². The summed E-state index contributed by atoms with van der Waals surface area (Å²) in [5.41, 5.74) is 11.4. The standard InChI is InChI=1S/C15H24N2/c1-10-7-11(2)15(12(3)8-10)17-6-5-14(9-16)13(17)4/h7-8,13-14H,5-6,9,16H2,1-4H3. The molecule has 1 heterocycles. The second kappa shape index (κ2) is 4.69. The van der Waals surface area contributed by atoms with Gasteiger partial charge in [-0.1, -0.05) is 17.7 Å². The van der Waals surface area contributed by atoms with Crippen LogP contribution in [0.3, 0.4) is 0 Å². The highest BCUT2D eigenvalue weighted by Crippen LogP contribution is 2.34. The van der Waals surface area contributed by atoms with Crippen molar-refractivity contribution in [3.8, 4) is 0 Å². The van der Waals surface area contributed by atoms with Gasteiger partial charge < -0.3 is 10.6 Å². The summed E-state index contributed by atoms with van der Waals surface area (Å²) >= 11 is 0. The molecule has 1 aliphatic heterocycles. The Morgan fingerprint density at radius 2 is 1.82 bits per heavy atom. The maximum Gasteiger partial charge on any atom is 0.0428 e. The molecule has 0 spiro atoms. The number of anilines is 1. The normalized spacial score (nSPS) is 24.4.